The molecule has 0 aliphatic heterocycles. The fraction of sp³-hybridized carbons (Fsp3) is 0.571. The molecule has 4 nitrogen and oxygen atoms in total. The fourth-order valence-electron chi connectivity index (χ4n) is 3.04. The predicted octanol–water partition coefficient (Wildman–Crippen LogP) is 4.59. The van der Waals surface area contributed by atoms with E-state index in [9.17, 15) is 10.1 Å². The maximum absolute atomic E-state index is 10.9. The van der Waals surface area contributed by atoms with Crippen LogP contribution in [0.1, 0.15) is 33.1 Å². The van der Waals surface area contributed by atoms with Crippen molar-refractivity contribution in [3.8, 4) is 0 Å². The van der Waals surface area contributed by atoms with E-state index in [-0.39, 0.29) is 10.6 Å². The Morgan fingerprint density at radius 1 is 1.26 bits per heavy atom. The fourth-order valence-corrected chi connectivity index (χ4v) is 3.43. The van der Waals surface area contributed by atoms with E-state index in [1.165, 1.54) is 6.42 Å². The zero-order valence-corrected chi connectivity index (χ0v) is 12.8. The summed E-state index contributed by atoms with van der Waals surface area (Å²) in [7, 11) is 0. The quantitative estimate of drug-likeness (QED) is 0.652. The minimum atomic E-state index is -0.360. The number of nitrogens with one attached hydrogen (secondary N) is 1. The van der Waals surface area contributed by atoms with Crippen LogP contribution in [0.4, 0.5) is 11.4 Å². The Hall–Kier alpha value is -1.10. The molecule has 0 heterocycles. The number of anilines is 1. The number of nitrogens with zero attached hydrogens (tertiary/aromatic N) is 1. The molecule has 0 amide bonds. The van der Waals surface area contributed by atoms with Crippen molar-refractivity contribution < 1.29 is 4.92 Å². The van der Waals surface area contributed by atoms with E-state index in [2.05, 4.69) is 35.1 Å². The Labute approximate surface area is 121 Å². The molecule has 1 aliphatic rings. The first kappa shape index (κ1) is 14.3. The van der Waals surface area contributed by atoms with Gasteiger partial charge in [0, 0.05) is 17.8 Å². The van der Waals surface area contributed by atoms with E-state index in [1.807, 2.05) is 6.07 Å². The van der Waals surface area contributed by atoms with Gasteiger partial charge in [0.2, 0.25) is 0 Å². The van der Waals surface area contributed by atoms with Crippen LogP contribution in [-0.2, 0) is 0 Å². The maximum atomic E-state index is 10.9. The first-order valence-corrected chi connectivity index (χ1v) is 7.45. The van der Waals surface area contributed by atoms with Gasteiger partial charge >= 0.3 is 0 Å². The van der Waals surface area contributed by atoms with Crippen molar-refractivity contribution in [3.63, 3.8) is 0 Å². The molecule has 0 radical (unpaired) electrons. The summed E-state index contributed by atoms with van der Waals surface area (Å²) in [6, 6.07) is 5.64. The minimum absolute atomic E-state index is 0.113. The van der Waals surface area contributed by atoms with Crippen LogP contribution < -0.4 is 5.32 Å². The lowest BCUT2D eigenvalue weighted by Gasteiger charge is -2.32. The zero-order chi connectivity index (χ0) is 14.0. The normalized spacial score (nSPS) is 27.0. The van der Waals surface area contributed by atoms with E-state index in [4.69, 9.17) is 0 Å². The lowest BCUT2D eigenvalue weighted by Crippen LogP contribution is -2.30. The molecule has 0 spiro atoms. The van der Waals surface area contributed by atoms with Crippen molar-refractivity contribution in [2.75, 3.05) is 5.32 Å². The monoisotopic (exact) mass is 326 g/mol. The van der Waals surface area contributed by atoms with Gasteiger partial charge in [0.05, 0.1) is 9.40 Å². The van der Waals surface area contributed by atoms with Crippen LogP contribution in [0.3, 0.4) is 0 Å². The van der Waals surface area contributed by atoms with Crippen molar-refractivity contribution >= 4 is 27.3 Å². The smallest absolute Gasteiger partial charge is 0.285 e. The summed E-state index contributed by atoms with van der Waals surface area (Å²) < 4.78 is 0.522. The average Bonchev–Trinajstić information content (AvgIpc) is 2.30. The highest BCUT2D eigenvalue weighted by atomic mass is 79.9. The summed E-state index contributed by atoms with van der Waals surface area (Å²) in [5, 5.41) is 14.4. The molecule has 5 heteroatoms. The molecule has 0 aromatic heterocycles. The SMILES string of the molecule is CC1CC(C)CC(Nc2ccc(Br)c([N+](=O)[O-])c2)C1. The average molecular weight is 327 g/mol. The lowest BCUT2D eigenvalue weighted by atomic mass is 9.80. The van der Waals surface area contributed by atoms with Crippen molar-refractivity contribution in [2.24, 2.45) is 11.8 Å². The second-order valence-corrected chi connectivity index (χ2v) is 6.54. The van der Waals surface area contributed by atoms with Crippen LogP contribution >= 0.6 is 15.9 Å². The summed E-state index contributed by atoms with van der Waals surface area (Å²) in [6.07, 6.45) is 3.54. The highest BCUT2D eigenvalue weighted by Crippen LogP contribution is 2.32. The van der Waals surface area contributed by atoms with Gasteiger partial charge in [-0.25, -0.2) is 0 Å². The van der Waals surface area contributed by atoms with E-state index in [0.29, 0.717) is 22.4 Å². The third-order valence-corrected chi connectivity index (χ3v) is 4.36. The first-order chi connectivity index (χ1) is 8.95. The lowest BCUT2D eigenvalue weighted by molar-refractivity contribution is -0.385. The number of hydrogen-bond acceptors (Lipinski definition) is 3. The Morgan fingerprint density at radius 2 is 1.89 bits per heavy atom. The second kappa shape index (κ2) is 5.90. The van der Waals surface area contributed by atoms with Crippen molar-refractivity contribution in [2.45, 2.75) is 39.2 Å². The molecule has 2 unspecified atom stereocenters. The summed E-state index contributed by atoms with van der Waals surface area (Å²) in [4.78, 5) is 10.6. The minimum Gasteiger partial charge on any atom is -0.382 e. The second-order valence-electron chi connectivity index (χ2n) is 5.68. The zero-order valence-electron chi connectivity index (χ0n) is 11.2. The van der Waals surface area contributed by atoms with E-state index >= 15 is 0 Å². The molecule has 1 aliphatic carbocycles. The summed E-state index contributed by atoms with van der Waals surface area (Å²) in [6.45, 7) is 4.54. The predicted molar refractivity (Wildman–Crippen MR) is 80.4 cm³/mol. The number of rotatable bonds is 3. The van der Waals surface area contributed by atoms with Crippen molar-refractivity contribution in [1.82, 2.24) is 0 Å². The van der Waals surface area contributed by atoms with Gasteiger partial charge in [0.1, 0.15) is 0 Å². The van der Waals surface area contributed by atoms with Gasteiger partial charge in [-0.3, -0.25) is 10.1 Å². The molecule has 1 aromatic carbocycles. The van der Waals surface area contributed by atoms with Crippen LogP contribution in [0.15, 0.2) is 22.7 Å². The maximum Gasteiger partial charge on any atom is 0.285 e. The molecule has 0 saturated heterocycles. The molecule has 2 rings (SSSR count). The van der Waals surface area contributed by atoms with Gasteiger partial charge < -0.3 is 5.32 Å². The number of nitro groups is 1. The Morgan fingerprint density at radius 3 is 2.47 bits per heavy atom. The standard InChI is InChI=1S/C14H19BrN2O2/c1-9-5-10(2)7-12(6-9)16-11-3-4-13(15)14(8-11)17(18)19/h3-4,8-10,12,16H,5-7H2,1-2H3. The van der Waals surface area contributed by atoms with Gasteiger partial charge in [-0.1, -0.05) is 13.8 Å². The van der Waals surface area contributed by atoms with Crippen LogP contribution in [-0.4, -0.2) is 11.0 Å². The van der Waals surface area contributed by atoms with Gasteiger partial charge in [-0.05, 0) is 59.2 Å². The number of halogens is 1. The molecular weight excluding hydrogens is 308 g/mol. The first-order valence-electron chi connectivity index (χ1n) is 6.66. The third kappa shape index (κ3) is 3.69. The van der Waals surface area contributed by atoms with Gasteiger partial charge in [-0.15, -0.1) is 0 Å². The highest BCUT2D eigenvalue weighted by molar-refractivity contribution is 9.10. The van der Waals surface area contributed by atoms with Crippen molar-refractivity contribution in [1.29, 1.82) is 0 Å². The molecule has 1 N–H and O–H groups in total. The molecule has 1 fully saturated rings. The highest BCUT2D eigenvalue weighted by Gasteiger charge is 2.24. The third-order valence-electron chi connectivity index (χ3n) is 3.69. The van der Waals surface area contributed by atoms with Crippen LogP contribution in [0.25, 0.3) is 0 Å². The molecule has 2 atom stereocenters. The Bertz CT molecular complexity index is 469. The molecule has 1 saturated carbocycles. The van der Waals surface area contributed by atoms with Crippen LogP contribution in [0.5, 0.6) is 0 Å². The molecule has 104 valence electrons. The summed E-state index contributed by atoms with van der Waals surface area (Å²) >= 11 is 3.21. The van der Waals surface area contributed by atoms with Gasteiger partial charge in [0.25, 0.3) is 5.69 Å². The molecular formula is C14H19BrN2O2. The van der Waals surface area contributed by atoms with E-state index < -0.39 is 0 Å². The number of hydrogen-bond donors (Lipinski definition) is 1. The van der Waals surface area contributed by atoms with Crippen molar-refractivity contribution in [3.05, 3.63) is 32.8 Å². The number of benzene rings is 1. The topological polar surface area (TPSA) is 55.2 Å². The van der Waals surface area contributed by atoms with Gasteiger partial charge in [0.15, 0.2) is 0 Å². The largest absolute Gasteiger partial charge is 0.382 e. The molecule has 0 bridgehead atoms. The molecule has 1 aromatic rings. The molecule has 19 heavy (non-hydrogen) atoms. The number of nitro benzene ring substituents is 1. The Kier molecular flexibility index (Phi) is 4.45. The van der Waals surface area contributed by atoms with Gasteiger partial charge in [-0.2, -0.15) is 0 Å². The van der Waals surface area contributed by atoms with E-state index in [1.54, 1.807) is 12.1 Å². The summed E-state index contributed by atoms with van der Waals surface area (Å²) in [5.74, 6) is 1.43. The Balaban J connectivity index is 2.10. The van der Waals surface area contributed by atoms with Crippen LogP contribution in [0, 0.1) is 22.0 Å². The van der Waals surface area contributed by atoms with E-state index in [0.717, 1.165) is 18.5 Å². The van der Waals surface area contributed by atoms with Crippen LogP contribution in [0.2, 0.25) is 0 Å². The summed E-state index contributed by atoms with van der Waals surface area (Å²) in [5.41, 5.74) is 0.947.